The quantitative estimate of drug-likeness (QED) is 0.370. The van der Waals surface area contributed by atoms with Crippen LogP contribution in [0.25, 0.3) is 0 Å². The Bertz CT molecular complexity index is 1160. The monoisotopic (exact) mass is 572 g/mol. The lowest BCUT2D eigenvalue weighted by Crippen LogP contribution is -2.46. The molecule has 3 fully saturated rings. The average Bonchev–Trinajstić information content (AvgIpc) is 2.97. The van der Waals surface area contributed by atoms with Crippen LogP contribution in [0.3, 0.4) is 0 Å². The van der Waals surface area contributed by atoms with Gasteiger partial charge in [0.05, 0.1) is 25.4 Å². The largest absolute Gasteiger partial charge is 0.490 e. The number of hydrogen-bond acceptors (Lipinski definition) is 3. The first kappa shape index (κ1) is 29.7. The van der Waals surface area contributed by atoms with E-state index in [2.05, 4.69) is 5.32 Å². The minimum atomic E-state index is -2.61. The molecule has 1 saturated heterocycles. The molecule has 8 heteroatoms. The predicted molar refractivity (Wildman–Crippen MR) is 153 cm³/mol. The summed E-state index contributed by atoms with van der Waals surface area (Å²) in [5.41, 5.74) is 3.27. The number of nitrogens with zero attached hydrogens (tertiary/aromatic N) is 1. The van der Waals surface area contributed by atoms with Gasteiger partial charge in [-0.3, -0.25) is 0 Å². The molecular formula is C33H43F3N2O3. The second-order valence-electron chi connectivity index (χ2n) is 12.2. The van der Waals surface area contributed by atoms with Gasteiger partial charge in [-0.25, -0.2) is 18.0 Å². The van der Waals surface area contributed by atoms with Gasteiger partial charge in [0.1, 0.15) is 11.6 Å². The predicted octanol–water partition coefficient (Wildman–Crippen LogP) is 7.71. The number of carbonyl (C=O) groups is 1. The van der Waals surface area contributed by atoms with Crippen LogP contribution in [0.1, 0.15) is 92.5 Å². The summed E-state index contributed by atoms with van der Waals surface area (Å²) < 4.78 is 54.6. The molecule has 0 aromatic heterocycles. The topological polar surface area (TPSA) is 50.8 Å². The van der Waals surface area contributed by atoms with Gasteiger partial charge < -0.3 is 19.7 Å². The summed E-state index contributed by atoms with van der Waals surface area (Å²) in [5, 5.41) is 3.06. The summed E-state index contributed by atoms with van der Waals surface area (Å²) in [7, 11) is 0. The lowest BCUT2D eigenvalue weighted by Gasteiger charge is -2.31. The normalized spacial score (nSPS) is 24.1. The van der Waals surface area contributed by atoms with E-state index in [1.54, 1.807) is 4.90 Å². The van der Waals surface area contributed by atoms with Gasteiger partial charge in [0.15, 0.2) is 0 Å². The summed E-state index contributed by atoms with van der Waals surface area (Å²) >= 11 is 0. The minimum Gasteiger partial charge on any atom is -0.490 e. The van der Waals surface area contributed by atoms with Gasteiger partial charge >= 0.3 is 6.03 Å². The molecule has 1 atom stereocenters. The van der Waals surface area contributed by atoms with E-state index in [-0.39, 0.29) is 42.8 Å². The third-order valence-electron chi connectivity index (χ3n) is 9.23. The highest BCUT2D eigenvalue weighted by molar-refractivity contribution is 5.74. The number of hydrogen-bond donors (Lipinski definition) is 1. The van der Waals surface area contributed by atoms with E-state index < -0.39 is 5.92 Å². The number of alkyl halides is 2. The zero-order chi connectivity index (χ0) is 29.0. The number of halogens is 3. The molecule has 5 rings (SSSR count). The lowest BCUT2D eigenvalue weighted by molar-refractivity contribution is -0.0385. The van der Waals surface area contributed by atoms with Crippen molar-refractivity contribution in [1.82, 2.24) is 10.2 Å². The number of nitrogens with one attached hydrogen (secondary N) is 1. The molecule has 1 heterocycles. The zero-order valence-corrected chi connectivity index (χ0v) is 24.3. The van der Waals surface area contributed by atoms with Crippen LogP contribution in [0.4, 0.5) is 18.0 Å². The molecule has 5 nitrogen and oxygen atoms in total. The molecule has 2 saturated carbocycles. The van der Waals surface area contributed by atoms with Gasteiger partial charge in [0, 0.05) is 25.9 Å². The molecule has 2 aromatic rings. The number of benzene rings is 2. The van der Waals surface area contributed by atoms with Crippen LogP contribution >= 0.6 is 0 Å². The first-order valence-electron chi connectivity index (χ1n) is 15.2. The number of morpholine rings is 1. The molecule has 2 aliphatic carbocycles. The molecule has 2 amide bonds. The molecule has 41 heavy (non-hydrogen) atoms. The van der Waals surface area contributed by atoms with Gasteiger partial charge in [0.25, 0.3) is 0 Å². The molecule has 0 bridgehead atoms. The van der Waals surface area contributed by atoms with E-state index in [0.717, 1.165) is 48.1 Å². The summed E-state index contributed by atoms with van der Waals surface area (Å²) in [6, 6.07) is 11.6. The summed E-state index contributed by atoms with van der Waals surface area (Å²) in [6.07, 6.45) is 4.94. The summed E-state index contributed by atoms with van der Waals surface area (Å²) in [6.45, 7) is 6.24. The summed E-state index contributed by atoms with van der Waals surface area (Å²) in [4.78, 5) is 14.3. The Labute approximate surface area is 241 Å². The number of rotatable bonds is 7. The fraction of sp³-hybridized carbons (Fsp3) is 0.606. The fourth-order valence-corrected chi connectivity index (χ4v) is 6.64. The van der Waals surface area contributed by atoms with Crippen LogP contribution in [-0.4, -0.2) is 49.3 Å². The smallest absolute Gasteiger partial charge is 0.318 e. The number of carbonyl (C=O) groups excluding carboxylic acids is 1. The standard InChI is InChI=1S/C33H43F3N2O3/c1-22-3-6-27(31(34)30(22)26-13-15-33(35,36)16-14-26)21-24-4-9-28(10-5-24)41-29-11-7-25(8-12-29)23(2)37-32(39)38-17-19-40-20-18-38/h3,6-8,11-12,23-24,26,28H,4-5,9-10,13-21H2,1-2H3,(H,37,39). The van der Waals surface area contributed by atoms with Crippen molar-refractivity contribution in [2.24, 2.45) is 5.92 Å². The van der Waals surface area contributed by atoms with Crippen molar-refractivity contribution in [3.05, 3.63) is 64.5 Å². The molecule has 0 radical (unpaired) electrons. The highest BCUT2D eigenvalue weighted by atomic mass is 19.3. The Hall–Kier alpha value is -2.74. The van der Waals surface area contributed by atoms with Crippen molar-refractivity contribution in [2.45, 2.75) is 95.6 Å². The van der Waals surface area contributed by atoms with E-state index in [9.17, 15) is 13.6 Å². The van der Waals surface area contributed by atoms with E-state index in [4.69, 9.17) is 9.47 Å². The maximum atomic E-state index is 15.6. The van der Waals surface area contributed by atoms with Crippen molar-refractivity contribution >= 4 is 6.03 Å². The van der Waals surface area contributed by atoms with Gasteiger partial charge in [-0.2, -0.15) is 0 Å². The van der Waals surface area contributed by atoms with Crippen molar-refractivity contribution in [2.75, 3.05) is 26.3 Å². The third kappa shape index (κ3) is 7.56. The fourth-order valence-electron chi connectivity index (χ4n) is 6.64. The molecule has 1 aliphatic heterocycles. The molecule has 3 aliphatic rings. The first-order valence-corrected chi connectivity index (χ1v) is 15.2. The van der Waals surface area contributed by atoms with Crippen LogP contribution in [0.15, 0.2) is 36.4 Å². The lowest BCUT2D eigenvalue weighted by atomic mass is 9.78. The molecule has 0 spiro atoms. The highest BCUT2D eigenvalue weighted by Crippen LogP contribution is 2.43. The van der Waals surface area contributed by atoms with Crippen LogP contribution < -0.4 is 10.1 Å². The highest BCUT2D eigenvalue weighted by Gasteiger charge is 2.37. The molecule has 224 valence electrons. The number of amides is 2. The second-order valence-corrected chi connectivity index (χ2v) is 12.2. The Morgan fingerprint density at radius 2 is 1.68 bits per heavy atom. The molecule has 1 N–H and O–H groups in total. The first-order chi connectivity index (χ1) is 19.7. The second kappa shape index (κ2) is 13.1. The molecular weight excluding hydrogens is 529 g/mol. The Kier molecular flexibility index (Phi) is 9.47. The van der Waals surface area contributed by atoms with E-state index in [1.165, 1.54) is 0 Å². The van der Waals surface area contributed by atoms with Gasteiger partial charge in [-0.15, -0.1) is 0 Å². The van der Waals surface area contributed by atoms with Crippen LogP contribution in [0.5, 0.6) is 5.75 Å². The number of urea groups is 1. The Balaban J connectivity index is 1.10. The molecule has 2 aromatic carbocycles. The Morgan fingerprint density at radius 1 is 1.02 bits per heavy atom. The van der Waals surface area contributed by atoms with Gasteiger partial charge in [0.2, 0.25) is 5.92 Å². The van der Waals surface area contributed by atoms with Crippen molar-refractivity contribution < 1.29 is 27.4 Å². The van der Waals surface area contributed by atoms with E-state index in [1.807, 2.05) is 50.2 Å². The maximum Gasteiger partial charge on any atom is 0.318 e. The third-order valence-corrected chi connectivity index (χ3v) is 9.23. The average molecular weight is 573 g/mol. The van der Waals surface area contributed by atoms with Gasteiger partial charge in [-0.05, 0) is 105 Å². The number of ether oxygens (including phenoxy) is 2. The van der Waals surface area contributed by atoms with E-state index in [0.29, 0.717) is 57.0 Å². The van der Waals surface area contributed by atoms with Crippen LogP contribution in [0.2, 0.25) is 0 Å². The Morgan fingerprint density at radius 3 is 2.34 bits per heavy atom. The van der Waals surface area contributed by atoms with Crippen molar-refractivity contribution in [3.63, 3.8) is 0 Å². The maximum absolute atomic E-state index is 15.6. The minimum absolute atomic E-state index is 0.0710. The zero-order valence-electron chi connectivity index (χ0n) is 24.3. The molecule has 1 unspecified atom stereocenters. The van der Waals surface area contributed by atoms with Gasteiger partial charge in [-0.1, -0.05) is 24.3 Å². The van der Waals surface area contributed by atoms with Crippen LogP contribution in [0, 0.1) is 18.7 Å². The van der Waals surface area contributed by atoms with E-state index >= 15 is 4.39 Å². The summed E-state index contributed by atoms with van der Waals surface area (Å²) in [5.74, 6) is -1.70. The van der Waals surface area contributed by atoms with Crippen LogP contribution in [-0.2, 0) is 11.2 Å². The van der Waals surface area contributed by atoms with Crippen molar-refractivity contribution in [3.8, 4) is 5.75 Å². The SMILES string of the molecule is Cc1ccc(CC2CCC(Oc3ccc(C(C)NC(=O)N4CCOCC4)cc3)CC2)c(F)c1C1CCC(F)(F)CC1. The van der Waals surface area contributed by atoms with Crippen molar-refractivity contribution in [1.29, 1.82) is 0 Å². The number of aryl methyl sites for hydroxylation is 1.